The van der Waals surface area contributed by atoms with Crippen molar-refractivity contribution in [3.8, 4) is 0 Å². The average Bonchev–Trinajstić information content (AvgIpc) is 2.83. The van der Waals surface area contributed by atoms with Crippen LogP contribution >= 0.6 is 23.4 Å². The quantitative estimate of drug-likeness (QED) is 0.863. The minimum Gasteiger partial charge on any atom is -0.480 e. The molecule has 2 atom stereocenters. The van der Waals surface area contributed by atoms with Crippen LogP contribution in [0.2, 0.25) is 0 Å². The van der Waals surface area contributed by atoms with E-state index in [2.05, 4.69) is 0 Å². The predicted molar refractivity (Wildman–Crippen MR) is 70.6 cm³/mol. The van der Waals surface area contributed by atoms with Gasteiger partial charge in [-0.05, 0) is 5.56 Å². The normalized spacial score (nSPS) is 23.1. The number of halogens is 1. The topological polar surface area (TPSA) is 57.6 Å². The minimum atomic E-state index is -0.987. The van der Waals surface area contributed by atoms with Gasteiger partial charge in [0.25, 0.3) is 0 Å². The van der Waals surface area contributed by atoms with Gasteiger partial charge >= 0.3 is 5.97 Å². The first-order chi connectivity index (χ1) is 8.65. The zero-order valence-corrected chi connectivity index (χ0v) is 11.0. The van der Waals surface area contributed by atoms with Gasteiger partial charge in [-0.3, -0.25) is 4.79 Å². The van der Waals surface area contributed by atoms with Crippen LogP contribution < -0.4 is 0 Å². The van der Waals surface area contributed by atoms with E-state index >= 15 is 0 Å². The van der Waals surface area contributed by atoms with Gasteiger partial charge in [0.1, 0.15) is 17.3 Å². The zero-order valence-electron chi connectivity index (χ0n) is 9.45. The number of carboxylic acid groups (broad SMARTS) is 1. The molecule has 0 spiro atoms. The number of hydrogen-bond donors (Lipinski definition) is 1. The maximum atomic E-state index is 11.8. The molecule has 1 fully saturated rings. The second-order valence-corrected chi connectivity index (χ2v) is 5.27. The summed E-state index contributed by atoms with van der Waals surface area (Å²) in [6, 6.07) is 8.59. The number of hydrogen-bond acceptors (Lipinski definition) is 3. The second-order valence-electron chi connectivity index (χ2n) is 3.89. The van der Waals surface area contributed by atoms with Crippen molar-refractivity contribution in [3.05, 3.63) is 35.9 Å². The van der Waals surface area contributed by atoms with Crippen molar-refractivity contribution in [2.45, 2.75) is 11.4 Å². The number of alkyl halides is 1. The van der Waals surface area contributed by atoms with E-state index in [-0.39, 0.29) is 17.2 Å². The highest BCUT2D eigenvalue weighted by Crippen LogP contribution is 2.41. The minimum absolute atomic E-state index is 0.201. The van der Waals surface area contributed by atoms with Crippen LogP contribution in [0.5, 0.6) is 0 Å². The van der Waals surface area contributed by atoms with Gasteiger partial charge in [0, 0.05) is 5.75 Å². The third-order valence-electron chi connectivity index (χ3n) is 2.77. The molecular weight excluding hydrogens is 274 g/mol. The van der Waals surface area contributed by atoms with Crippen molar-refractivity contribution in [1.82, 2.24) is 4.90 Å². The van der Waals surface area contributed by atoms with Crippen molar-refractivity contribution in [1.29, 1.82) is 0 Å². The summed E-state index contributed by atoms with van der Waals surface area (Å²) < 4.78 is 0. The molecule has 18 heavy (non-hydrogen) atoms. The number of carbonyl (C=O) groups is 2. The predicted octanol–water partition coefficient (Wildman–Crippen LogP) is 1.95. The molecule has 0 saturated carbocycles. The van der Waals surface area contributed by atoms with E-state index in [4.69, 9.17) is 16.7 Å². The van der Waals surface area contributed by atoms with Crippen LogP contribution in [0, 0.1) is 0 Å². The van der Waals surface area contributed by atoms with Crippen LogP contribution in [0.15, 0.2) is 30.3 Å². The van der Waals surface area contributed by atoms with Crippen LogP contribution in [-0.2, 0) is 9.59 Å². The highest BCUT2D eigenvalue weighted by Gasteiger charge is 2.41. The van der Waals surface area contributed by atoms with Gasteiger partial charge < -0.3 is 10.0 Å². The molecule has 1 aromatic carbocycles. The van der Waals surface area contributed by atoms with Gasteiger partial charge in [-0.15, -0.1) is 23.4 Å². The van der Waals surface area contributed by atoms with Gasteiger partial charge in [0.15, 0.2) is 0 Å². The van der Waals surface area contributed by atoms with Crippen LogP contribution in [0.25, 0.3) is 0 Å². The Labute approximate surface area is 114 Å². The summed E-state index contributed by atoms with van der Waals surface area (Å²) in [6.45, 7) is 0. The molecule has 4 nitrogen and oxygen atoms in total. The first-order valence-corrected chi connectivity index (χ1v) is 7.00. The van der Waals surface area contributed by atoms with Crippen molar-refractivity contribution in [2.75, 3.05) is 11.6 Å². The molecule has 0 aliphatic carbocycles. The fourth-order valence-corrected chi connectivity index (χ4v) is 3.53. The molecular formula is C12H12ClNO3S. The third kappa shape index (κ3) is 2.47. The lowest BCUT2D eigenvalue weighted by Gasteiger charge is -2.26. The Morgan fingerprint density at radius 2 is 2.06 bits per heavy atom. The van der Waals surface area contributed by atoms with E-state index in [1.54, 1.807) is 0 Å². The Morgan fingerprint density at radius 1 is 1.39 bits per heavy atom. The van der Waals surface area contributed by atoms with E-state index in [9.17, 15) is 9.59 Å². The third-order valence-corrected chi connectivity index (χ3v) is 4.32. The first-order valence-electron chi connectivity index (χ1n) is 5.41. The Morgan fingerprint density at radius 3 is 2.61 bits per heavy atom. The summed E-state index contributed by atoms with van der Waals surface area (Å²) >= 11 is 7.01. The summed E-state index contributed by atoms with van der Waals surface area (Å²) in [6.07, 6.45) is 0. The van der Waals surface area contributed by atoms with Crippen molar-refractivity contribution in [2.24, 2.45) is 0 Å². The Bertz CT molecular complexity index is 454. The number of carboxylic acids is 1. The number of carbonyl (C=O) groups excluding carboxylic acids is 1. The molecule has 1 N–H and O–H groups in total. The Balaban J connectivity index is 2.31. The molecule has 1 saturated heterocycles. The highest BCUT2D eigenvalue weighted by atomic mass is 35.5. The van der Waals surface area contributed by atoms with Gasteiger partial charge in [-0.1, -0.05) is 30.3 Å². The van der Waals surface area contributed by atoms with Crippen LogP contribution in [0.4, 0.5) is 0 Å². The summed E-state index contributed by atoms with van der Waals surface area (Å²) in [4.78, 5) is 24.4. The van der Waals surface area contributed by atoms with E-state index in [1.807, 2.05) is 30.3 Å². The first kappa shape index (κ1) is 13.2. The molecule has 1 aliphatic heterocycles. The Hall–Kier alpha value is -1.20. The Kier molecular flexibility index (Phi) is 4.14. The number of thioether (sulfide) groups is 1. The molecule has 2 rings (SSSR count). The maximum absolute atomic E-state index is 11.8. The molecule has 6 heteroatoms. The molecule has 1 aliphatic rings. The van der Waals surface area contributed by atoms with Gasteiger partial charge in [-0.25, -0.2) is 4.79 Å². The zero-order chi connectivity index (χ0) is 13.1. The standard InChI is InChI=1S/C12H12ClNO3S/c13-6-10(15)14-9(12(16)17)7-18-11(14)8-4-2-1-3-5-8/h1-5,9,11H,6-7H2,(H,16,17)/t9-,11?/m0/s1. The number of amides is 1. The molecule has 0 bridgehead atoms. The van der Waals surface area contributed by atoms with Crippen LogP contribution in [0.1, 0.15) is 10.9 Å². The molecule has 96 valence electrons. The largest absolute Gasteiger partial charge is 0.480 e. The van der Waals surface area contributed by atoms with E-state index in [1.165, 1.54) is 16.7 Å². The number of benzene rings is 1. The molecule has 1 aromatic rings. The lowest BCUT2D eigenvalue weighted by Crippen LogP contribution is -2.43. The average molecular weight is 286 g/mol. The van der Waals surface area contributed by atoms with Crippen molar-refractivity contribution < 1.29 is 14.7 Å². The van der Waals surface area contributed by atoms with E-state index in [0.29, 0.717) is 5.75 Å². The van der Waals surface area contributed by atoms with Gasteiger partial charge in [0.05, 0.1) is 0 Å². The number of nitrogens with zero attached hydrogens (tertiary/aromatic N) is 1. The SMILES string of the molecule is O=C(O)[C@@H]1CSC(c2ccccc2)N1C(=O)CCl. The van der Waals surface area contributed by atoms with Crippen molar-refractivity contribution in [3.63, 3.8) is 0 Å². The molecule has 0 radical (unpaired) electrons. The van der Waals surface area contributed by atoms with E-state index < -0.39 is 12.0 Å². The smallest absolute Gasteiger partial charge is 0.327 e. The summed E-state index contributed by atoms with van der Waals surface area (Å²) in [5.41, 5.74) is 0.921. The molecule has 1 amide bonds. The molecule has 1 unspecified atom stereocenters. The molecule has 1 heterocycles. The fourth-order valence-electron chi connectivity index (χ4n) is 1.94. The maximum Gasteiger partial charge on any atom is 0.327 e. The van der Waals surface area contributed by atoms with E-state index in [0.717, 1.165) is 5.56 Å². The summed E-state index contributed by atoms with van der Waals surface area (Å²) in [5, 5.41) is 8.88. The lowest BCUT2D eigenvalue weighted by molar-refractivity contribution is -0.148. The van der Waals surface area contributed by atoms with Gasteiger partial charge in [-0.2, -0.15) is 0 Å². The van der Waals surface area contributed by atoms with Crippen molar-refractivity contribution >= 4 is 35.2 Å². The van der Waals surface area contributed by atoms with Crippen LogP contribution in [0.3, 0.4) is 0 Å². The van der Waals surface area contributed by atoms with Gasteiger partial charge in [0.2, 0.25) is 5.91 Å². The van der Waals surface area contributed by atoms with Crippen LogP contribution in [-0.4, -0.2) is 39.6 Å². The highest BCUT2D eigenvalue weighted by molar-refractivity contribution is 7.99. The fraction of sp³-hybridized carbons (Fsp3) is 0.333. The number of rotatable bonds is 3. The number of aliphatic carboxylic acids is 1. The second kappa shape index (κ2) is 5.63. The molecule has 0 aromatic heterocycles. The lowest BCUT2D eigenvalue weighted by atomic mass is 10.2. The monoisotopic (exact) mass is 285 g/mol. The summed E-state index contributed by atoms with van der Waals surface area (Å²) in [7, 11) is 0. The summed E-state index contributed by atoms with van der Waals surface area (Å²) in [5.74, 6) is -1.15.